The summed E-state index contributed by atoms with van der Waals surface area (Å²) >= 11 is 0. The van der Waals surface area contributed by atoms with Crippen molar-refractivity contribution in [3.05, 3.63) is 0 Å². The highest BCUT2D eigenvalue weighted by molar-refractivity contribution is 4.86. The van der Waals surface area contributed by atoms with Crippen molar-refractivity contribution in [2.75, 3.05) is 0 Å². The van der Waals surface area contributed by atoms with E-state index in [9.17, 15) is 39.5 Å². The van der Waals surface area contributed by atoms with Crippen molar-refractivity contribution in [1.82, 2.24) is 0 Å². The molecule has 0 aromatic carbocycles. The third-order valence-corrected chi connectivity index (χ3v) is 2.40. The number of alkyl halides is 9. The van der Waals surface area contributed by atoms with Crippen molar-refractivity contribution in [3.8, 4) is 0 Å². The predicted octanol–water partition coefficient (Wildman–Crippen LogP) is 5.10. The number of unbranched alkanes of at least 4 members (excludes halogenated alkanes) is 1. The first-order valence-electron chi connectivity index (χ1n) is 5.02. The van der Waals surface area contributed by atoms with E-state index in [0.29, 0.717) is 0 Å². The van der Waals surface area contributed by atoms with Gasteiger partial charge in [0, 0.05) is 0 Å². The Kier molecular flexibility index (Phi) is 5.37. The standard InChI is InChI=1S/C9H11F9/c1-2-3-4-5(7(10,11)12)6(8(13,14)15)9(16,17)18/h5-6H,2-4H2,1H3. The molecule has 0 radical (unpaired) electrons. The molecule has 9 heteroatoms. The summed E-state index contributed by atoms with van der Waals surface area (Å²) in [5.74, 6) is -7.81. The Morgan fingerprint density at radius 1 is 0.722 bits per heavy atom. The molecule has 0 aliphatic rings. The first-order valence-corrected chi connectivity index (χ1v) is 5.02. The van der Waals surface area contributed by atoms with Crippen LogP contribution in [0.2, 0.25) is 0 Å². The van der Waals surface area contributed by atoms with E-state index < -0.39 is 36.8 Å². The van der Waals surface area contributed by atoms with Crippen LogP contribution in [0.15, 0.2) is 0 Å². The molecular formula is C9H11F9. The quantitative estimate of drug-likeness (QED) is 0.632. The summed E-state index contributed by atoms with van der Waals surface area (Å²) in [4.78, 5) is 0. The summed E-state index contributed by atoms with van der Waals surface area (Å²) in [5.41, 5.74) is 0. The fraction of sp³-hybridized carbons (Fsp3) is 1.00. The van der Waals surface area contributed by atoms with Crippen LogP contribution in [0.3, 0.4) is 0 Å². The molecule has 0 nitrogen and oxygen atoms in total. The maximum atomic E-state index is 12.4. The van der Waals surface area contributed by atoms with Gasteiger partial charge in [-0.2, -0.15) is 39.5 Å². The van der Waals surface area contributed by atoms with Crippen LogP contribution >= 0.6 is 0 Å². The van der Waals surface area contributed by atoms with Gasteiger partial charge in [0.05, 0.1) is 5.92 Å². The van der Waals surface area contributed by atoms with E-state index in [1.165, 1.54) is 6.92 Å². The maximum Gasteiger partial charge on any atom is 0.401 e. The molecule has 18 heavy (non-hydrogen) atoms. The van der Waals surface area contributed by atoms with Gasteiger partial charge < -0.3 is 0 Å². The zero-order chi connectivity index (χ0) is 14.8. The van der Waals surface area contributed by atoms with E-state index in [0.717, 1.165) is 0 Å². The van der Waals surface area contributed by atoms with Crippen LogP contribution in [0.4, 0.5) is 39.5 Å². The minimum atomic E-state index is -5.97. The van der Waals surface area contributed by atoms with Crippen molar-refractivity contribution in [1.29, 1.82) is 0 Å². The lowest BCUT2D eigenvalue weighted by Crippen LogP contribution is -2.47. The average molecular weight is 290 g/mol. The molecule has 0 heterocycles. The Morgan fingerprint density at radius 2 is 1.11 bits per heavy atom. The fourth-order valence-electron chi connectivity index (χ4n) is 1.59. The second-order valence-electron chi connectivity index (χ2n) is 3.85. The van der Waals surface area contributed by atoms with Crippen molar-refractivity contribution in [2.24, 2.45) is 11.8 Å². The SMILES string of the molecule is CCCCC(C(C(F)(F)F)C(F)(F)F)C(F)(F)F. The second kappa shape index (κ2) is 5.56. The summed E-state index contributed by atoms with van der Waals surface area (Å²) in [6.45, 7) is 1.38. The summed E-state index contributed by atoms with van der Waals surface area (Å²) in [6, 6.07) is 0. The van der Waals surface area contributed by atoms with Gasteiger partial charge in [-0.1, -0.05) is 19.8 Å². The average Bonchev–Trinajstić information content (AvgIpc) is 2.05. The molecule has 0 rings (SSSR count). The Morgan fingerprint density at radius 3 is 1.33 bits per heavy atom. The van der Waals surface area contributed by atoms with Crippen molar-refractivity contribution in [2.45, 2.75) is 44.7 Å². The molecule has 0 aliphatic carbocycles. The van der Waals surface area contributed by atoms with Crippen molar-refractivity contribution < 1.29 is 39.5 Å². The summed E-state index contributed by atoms with van der Waals surface area (Å²) < 4.78 is 110. The summed E-state index contributed by atoms with van der Waals surface area (Å²) in [5, 5.41) is 0. The van der Waals surface area contributed by atoms with Crippen molar-refractivity contribution >= 4 is 0 Å². The van der Waals surface area contributed by atoms with Crippen molar-refractivity contribution in [3.63, 3.8) is 0 Å². The first-order chi connectivity index (χ1) is 7.81. The summed E-state index contributed by atoms with van der Waals surface area (Å²) in [6.07, 6.45) is -18.9. The molecule has 0 saturated carbocycles. The van der Waals surface area contributed by atoms with Crippen LogP contribution in [-0.4, -0.2) is 18.5 Å². The molecule has 0 aromatic heterocycles. The van der Waals surface area contributed by atoms with Crippen LogP contribution < -0.4 is 0 Å². The molecule has 0 saturated heterocycles. The van der Waals surface area contributed by atoms with E-state index in [1.807, 2.05) is 0 Å². The zero-order valence-electron chi connectivity index (χ0n) is 9.18. The minimum Gasteiger partial charge on any atom is -0.171 e. The molecule has 0 amide bonds. The highest BCUT2D eigenvalue weighted by Gasteiger charge is 2.65. The predicted molar refractivity (Wildman–Crippen MR) is 44.7 cm³/mol. The van der Waals surface area contributed by atoms with Crippen LogP contribution in [0, 0.1) is 11.8 Å². The number of rotatable bonds is 4. The number of hydrogen-bond acceptors (Lipinski definition) is 0. The normalized spacial score (nSPS) is 16.2. The maximum absolute atomic E-state index is 12.4. The Hall–Kier alpha value is -0.630. The van der Waals surface area contributed by atoms with Crippen LogP contribution in [0.5, 0.6) is 0 Å². The second-order valence-corrected chi connectivity index (χ2v) is 3.85. The van der Waals surface area contributed by atoms with Crippen LogP contribution in [-0.2, 0) is 0 Å². The molecule has 1 unspecified atom stereocenters. The van der Waals surface area contributed by atoms with Gasteiger partial charge in [-0.25, -0.2) is 0 Å². The first kappa shape index (κ1) is 17.4. The van der Waals surface area contributed by atoms with E-state index in [1.54, 1.807) is 0 Å². The molecule has 0 fully saturated rings. The zero-order valence-corrected chi connectivity index (χ0v) is 9.18. The molecule has 110 valence electrons. The van der Waals surface area contributed by atoms with E-state index in [4.69, 9.17) is 0 Å². The van der Waals surface area contributed by atoms with E-state index in [2.05, 4.69) is 0 Å². The van der Waals surface area contributed by atoms with E-state index in [-0.39, 0.29) is 12.8 Å². The van der Waals surface area contributed by atoms with E-state index >= 15 is 0 Å². The van der Waals surface area contributed by atoms with Gasteiger partial charge in [0.15, 0.2) is 5.92 Å². The van der Waals surface area contributed by atoms with Gasteiger partial charge in [-0.15, -0.1) is 0 Å². The number of hydrogen-bond donors (Lipinski definition) is 0. The topological polar surface area (TPSA) is 0 Å². The molecule has 0 aliphatic heterocycles. The Bertz CT molecular complexity index is 232. The third kappa shape index (κ3) is 4.93. The lowest BCUT2D eigenvalue weighted by molar-refractivity contribution is -0.334. The van der Waals surface area contributed by atoms with Gasteiger partial charge in [0.2, 0.25) is 0 Å². The third-order valence-electron chi connectivity index (χ3n) is 2.40. The number of halogens is 9. The van der Waals surface area contributed by atoms with Gasteiger partial charge in [-0.3, -0.25) is 0 Å². The molecule has 0 bridgehead atoms. The van der Waals surface area contributed by atoms with Gasteiger partial charge in [0.25, 0.3) is 0 Å². The monoisotopic (exact) mass is 290 g/mol. The fourth-order valence-corrected chi connectivity index (χ4v) is 1.59. The highest BCUT2D eigenvalue weighted by atomic mass is 19.4. The summed E-state index contributed by atoms with van der Waals surface area (Å²) in [7, 11) is 0. The molecule has 0 N–H and O–H groups in total. The molecular weight excluding hydrogens is 279 g/mol. The van der Waals surface area contributed by atoms with Crippen LogP contribution in [0.25, 0.3) is 0 Å². The smallest absolute Gasteiger partial charge is 0.171 e. The minimum absolute atomic E-state index is 0.0784. The Balaban J connectivity index is 5.37. The molecule has 0 aromatic rings. The molecule has 0 spiro atoms. The Labute approximate surface area is 97.1 Å². The van der Waals surface area contributed by atoms with Gasteiger partial charge >= 0.3 is 18.5 Å². The van der Waals surface area contributed by atoms with Crippen LogP contribution in [0.1, 0.15) is 26.2 Å². The molecule has 1 atom stereocenters. The van der Waals surface area contributed by atoms with Gasteiger partial charge in [-0.05, 0) is 6.42 Å². The highest BCUT2D eigenvalue weighted by Crippen LogP contribution is 2.50. The lowest BCUT2D eigenvalue weighted by Gasteiger charge is -2.32. The lowest BCUT2D eigenvalue weighted by atomic mass is 9.86. The van der Waals surface area contributed by atoms with Gasteiger partial charge in [0.1, 0.15) is 0 Å². The largest absolute Gasteiger partial charge is 0.401 e.